The van der Waals surface area contributed by atoms with Gasteiger partial charge in [0.05, 0.1) is 5.02 Å². The number of piperidine rings is 1. The van der Waals surface area contributed by atoms with Crippen LogP contribution in [0.4, 0.5) is 0 Å². The molecule has 198 valence electrons. The van der Waals surface area contributed by atoms with Crippen LogP contribution in [0.25, 0.3) is 11.3 Å². The third-order valence-corrected chi connectivity index (χ3v) is 9.17. The van der Waals surface area contributed by atoms with E-state index in [-0.39, 0.29) is 16.8 Å². The van der Waals surface area contributed by atoms with Crippen LogP contribution in [0.2, 0.25) is 5.02 Å². The van der Waals surface area contributed by atoms with E-state index >= 15 is 0 Å². The van der Waals surface area contributed by atoms with Gasteiger partial charge in [-0.2, -0.15) is 0 Å². The number of carbonyl (C=O) groups is 3. The van der Waals surface area contributed by atoms with E-state index in [0.717, 1.165) is 13.1 Å². The lowest BCUT2D eigenvalue weighted by molar-refractivity contribution is -0.163. The topological polar surface area (TPSA) is 105 Å². The van der Waals surface area contributed by atoms with E-state index in [1.165, 1.54) is 31.0 Å². The summed E-state index contributed by atoms with van der Waals surface area (Å²) in [5.41, 5.74) is 1.12. The van der Waals surface area contributed by atoms with E-state index in [1.54, 1.807) is 36.1 Å². The molecule has 3 saturated heterocycles. The normalized spacial score (nSPS) is 24.9. The molecule has 0 spiro atoms. The number of thioether (sulfide) groups is 1. The maximum absolute atomic E-state index is 13.3. The Balaban J connectivity index is 1.25. The number of esters is 1. The molecule has 3 unspecified atom stereocenters. The van der Waals surface area contributed by atoms with Gasteiger partial charge < -0.3 is 19.5 Å². The van der Waals surface area contributed by atoms with Crippen LogP contribution in [0, 0.1) is 6.92 Å². The van der Waals surface area contributed by atoms with E-state index in [4.69, 9.17) is 20.9 Å². The van der Waals surface area contributed by atoms with Crippen molar-refractivity contribution in [3.05, 3.63) is 40.6 Å². The Morgan fingerprint density at radius 1 is 1.24 bits per heavy atom. The standard InChI is InChI=1S/C26H31ClN4O5S/c1-15-18(19(29-36-15)16-9-5-6-10-17(16)27)22(32)28-20-23(33)31-21(26(2,3)37-24(20)31)25(34)35-14-13-30-11-7-4-8-12-30/h5-6,9-10,20-21,24H,4,7-8,11-14H2,1-3H3,(H,28,32). The number of halogens is 1. The highest BCUT2D eigenvalue weighted by Crippen LogP contribution is 2.51. The van der Waals surface area contributed by atoms with E-state index < -0.39 is 28.7 Å². The molecule has 2 aromatic rings. The van der Waals surface area contributed by atoms with Crippen LogP contribution in [0.1, 0.15) is 49.2 Å². The zero-order valence-electron chi connectivity index (χ0n) is 21.2. The Labute approximate surface area is 225 Å². The molecule has 3 aliphatic rings. The van der Waals surface area contributed by atoms with Gasteiger partial charge in [0.1, 0.15) is 41.1 Å². The fourth-order valence-corrected chi connectivity index (χ4v) is 7.20. The molecule has 9 nitrogen and oxygen atoms in total. The summed E-state index contributed by atoms with van der Waals surface area (Å²) < 4.78 is 10.4. The van der Waals surface area contributed by atoms with Crippen molar-refractivity contribution in [2.24, 2.45) is 0 Å². The predicted octanol–water partition coefficient (Wildman–Crippen LogP) is 3.49. The summed E-state index contributed by atoms with van der Waals surface area (Å²) in [5, 5.41) is 6.95. The van der Waals surface area contributed by atoms with Gasteiger partial charge in [-0.3, -0.25) is 14.5 Å². The van der Waals surface area contributed by atoms with Crippen LogP contribution in [0.5, 0.6) is 0 Å². The maximum atomic E-state index is 13.3. The highest BCUT2D eigenvalue weighted by atomic mass is 35.5. The minimum absolute atomic E-state index is 0.232. The number of aryl methyl sites for hydroxylation is 1. The number of benzene rings is 1. The number of fused-ring (bicyclic) bond motifs is 1. The Kier molecular flexibility index (Phi) is 7.26. The molecule has 3 fully saturated rings. The molecule has 37 heavy (non-hydrogen) atoms. The summed E-state index contributed by atoms with van der Waals surface area (Å²) in [6.07, 6.45) is 3.59. The number of rotatable bonds is 7. The molecule has 0 saturated carbocycles. The summed E-state index contributed by atoms with van der Waals surface area (Å²) in [7, 11) is 0. The lowest BCUT2D eigenvalue weighted by Crippen LogP contribution is -2.70. The number of nitrogens with zero attached hydrogens (tertiary/aromatic N) is 3. The van der Waals surface area contributed by atoms with E-state index in [9.17, 15) is 14.4 Å². The molecule has 5 rings (SSSR count). The van der Waals surface area contributed by atoms with Crippen molar-refractivity contribution in [2.75, 3.05) is 26.2 Å². The second-order valence-electron chi connectivity index (χ2n) is 10.2. The number of likely N-dealkylation sites (tertiary alicyclic amines) is 1. The Morgan fingerprint density at radius 3 is 2.70 bits per heavy atom. The molecular weight excluding hydrogens is 516 g/mol. The average molecular weight is 547 g/mol. The van der Waals surface area contributed by atoms with Gasteiger partial charge in [-0.1, -0.05) is 41.4 Å². The number of β-lactam (4-membered cyclic amide) rings is 1. The van der Waals surface area contributed by atoms with Crippen molar-refractivity contribution >= 4 is 41.1 Å². The minimum Gasteiger partial charge on any atom is -0.463 e. The SMILES string of the molecule is Cc1onc(-c2ccccc2Cl)c1C(=O)NC1C(=O)N2C1SC(C)(C)C2C(=O)OCCN1CCCCC1. The van der Waals surface area contributed by atoms with Gasteiger partial charge in [0.2, 0.25) is 5.91 Å². The first-order valence-corrected chi connectivity index (χ1v) is 13.9. The van der Waals surface area contributed by atoms with Gasteiger partial charge >= 0.3 is 5.97 Å². The number of carbonyl (C=O) groups excluding carboxylic acids is 3. The Hall–Kier alpha value is -2.56. The summed E-state index contributed by atoms with van der Waals surface area (Å²) >= 11 is 7.81. The van der Waals surface area contributed by atoms with Crippen molar-refractivity contribution in [3.63, 3.8) is 0 Å². The van der Waals surface area contributed by atoms with Crippen molar-refractivity contribution in [3.8, 4) is 11.3 Å². The Bertz CT molecular complexity index is 1210. The van der Waals surface area contributed by atoms with Crippen molar-refractivity contribution in [1.82, 2.24) is 20.3 Å². The second-order valence-corrected chi connectivity index (χ2v) is 12.4. The monoisotopic (exact) mass is 546 g/mol. The second kappa shape index (κ2) is 10.3. The first-order chi connectivity index (χ1) is 17.7. The summed E-state index contributed by atoms with van der Waals surface area (Å²) in [4.78, 5) is 43.4. The van der Waals surface area contributed by atoms with E-state index in [2.05, 4.69) is 15.4 Å². The van der Waals surface area contributed by atoms with Crippen LogP contribution < -0.4 is 5.32 Å². The highest BCUT2D eigenvalue weighted by Gasteiger charge is 2.64. The van der Waals surface area contributed by atoms with Crippen LogP contribution >= 0.6 is 23.4 Å². The van der Waals surface area contributed by atoms with Crippen LogP contribution in [0.3, 0.4) is 0 Å². The maximum Gasteiger partial charge on any atom is 0.330 e. The van der Waals surface area contributed by atoms with Crippen molar-refractivity contribution in [2.45, 2.75) is 62.2 Å². The molecule has 2 amide bonds. The lowest BCUT2D eigenvalue weighted by Gasteiger charge is -2.44. The number of aromatic nitrogens is 1. The molecule has 4 heterocycles. The molecule has 0 radical (unpaired) electrons. The van der Waals surface area contributed by atoms with Gasteiger partial charge in [-0.05, 0) is 52.8 Å². The number of amides is 2. The number of hydrogen-bond donors (Lipinski definition) is 1. The molecule has 3 aliphatic heterocycles. The van der Waals surface area contributed by atoms with Gasteiger partial charge in [-0.15, -0.1) is 11.8 Å². The third kappa shape index (κ3) is 4.86. The summed E-state index contributed by atoms with van der Waals surface area (Å²) in [6.45, 7) is 8.56. The number of hydrogen-bond acceptors (Lipinski definition) is 8. The first-order valence-electron chi connectivity index (χ1n) is 12.6. The molecule has 1 aromatic heterocycles. The van der Waals surface area contributed by atoms with E-state index in [1.807, 2.05) is 13.8 Å². The number of nitrogens with one attached hydrogen (secondary N) is 1. The van der Waals surface area contributed by atoms with E-state index in [0.29, 0.717) is 35.2 Å². The third-order valence-electron chi connectivity index (χ3n) is 7.27. The van der Waals surface area contributed by atoms with Gasteiger partial charge in [0.25, 0.3) is 5.91 Å². The quantitative estimate of drug-likeness (QED) is 0.415. The molecule has 1 N–H and O–H groups in total. The molecule has 0 bridgehead atoms. The average Bonchev–Trinajstić information content (AvgIpc) is 3.38. The first kappa shape index (κ1) is 26.1. The molecule has 11 heteroatoms. The van der Waals surface area contributed by atoms with Crippen molar-refractivity contribution in [1.29, 1.82) is 0 Å². The Morgan fingerprint density at radius 2 is 1.97 bits per heavy atom. The summed E-state index contributed by atoms with van der Waals surface area (Å²) in [5.74, 6) is -0.850. The zero-order valence-corrected chi connectivity index (χ0v) is 22.7. The van der Waals surface area contributed by atoms with Crippen molar-refractivity contribution < 1.29 is 23.6 Å². The largest absolute Gasteiger partial charge is 0.463 e. The predicted molar refractivity (Wildman–Crippen MR) is 140 cm³/mol. The molecule has 3 atom stereocenters. The van der Waals surface area contributed by atoms with Crippen LogP contribution in [-0.4, -0.2) is 81.2 Å². The molecular formula is C26H31ClN4O5S. The summed E-state index contributed by atoms with van der Waals surface area (Å²) in [6, 6.07) is 5.57. The van der Waals surface area contributed by atoms with Gasteiger partial charge in [0.15, 0.2) is 0 Å². The fraction of sp³-hybridized carbons (Fsp3) is 0.538. The fourth-order valence-electron chi connectivity index (χ4n) is 5.35. The molecule has 1 aromatic carbocycles. The van der Waals surface area contributed by atoms with Crippen LogP contribution in [0.15, 0.2) is 28.8 Å². The molecule has 0 aliphatic carbocycles. The zero-order chi connectivity index (χ0) is 26.3. The lowest BCUT2D eigenvalue weighted by atomic mass is 9.95. The van der Waals surface area contributed by atoms with Gasteiger partial charge in [-0.25, -0.2) is 4.79 Å². The van der Waals surface area contributed by atoms with Crippen LogP contribution in [-0.2, 0) is 14.3 Å². The smallest absolute Gasteiger partial charge is 0.330 e. The minimum atomic E-state index is -0.767. The van der Waals surface area contributed by atoms with Gasteiger partial charge in [0, 0.05) is 16.9 Å². The highest BCUT2D eigenvalue weighted by molar-refractivity contribution is 8.01. The number of ether oxygens (including phenoxy) is 1.